The number of hydrogen-bond donors (Lipinski definition) is 1. The fourth-order valence-electron chi connectivity index (χ4n) is 1.90. The number of nitrogens with two attached hydrogens (primary N) is 1. The van der Waals surface area contributed by atoms with E-state index >= 15 is 0 Å². The molecular formula is C13H8F3N5. The molecule has 1 aromatic heterocycles. The Labute approximate surface area is 116 Å². The second-order valence-electron chi connectivity index (χ2n) is 4.20. The molecule has 0 aliphatic heterocycles. The molecule has 3 rings (SSSR count). The summed E-state index contributed by atoms with van der Waals surface area (Å²) in [5.74, 6) is -4.13. The summed E-state index contributed by atoms with van der Waals surface area (Å²) in [6, 6.07) is 8.52. The van der Waals surface area contributed by atoms with Gasteiger partial charge in [-0.25, -0.2) is 13.2 Å². The van der Waals surface area contributed by atoms with E-state index in [4.69, 9.17) is 5.73 Å². The fraction of sp³-hybridized carbons (Fsp3) is 0. The van der Waals surface area contributed by atoms with Crippen molar-refractivity contribution in [2.75, 3.05) is 5.73 Å². The topological polar surface area (TPSA) is 69.6 Å². The Morgan fingerprint density at radius 2 is 1.71 bits per heavy atom. The maximum Gasteiger partial charge on any atom is 0.196 e. The summed E-state index contributed by atoms with van der Waals surface area (Å²) in [6.07, 6.45) is 0. The van der Waals surface area contributed by atoms with Crippen molar-refractivity contribution in [1.29, 1.82) is 0 Å². The third kappa shape index (κ3) is 2.10. The number of halogens is 3. The monoisotopic (exact) mass is 291 g/mol. The van der Waals surface area contributed by atoms with Gasteiger partial charge in [0, 0.05) is 11.3 Å². The van der Waals surface area contributed by atoms with Crippen molar-refractivity contribution in [3.05, 3.63) is 53.8 Å². The number of para-hydroxylation sites is 1. The highest BCUT2D eigenvalue weighted by Gasteiger charge is 2.20. The number of tetrazole rings is 1. The summed E-state index contributed by atoms with van der Waals surface area (Å²) in [7, 11) is 0. The van der Waals surface area contributed by atoms with Gasteiger partial charge in [0.2, 0.25) is 0 Å². The molecule has 2 N–H and O–H groups in total. The predicted octanol–water partition coefficient (Wildman–Crippen LogP) is 2.33. The minimum absolute atomic E-state index is 0.123. The van der Waals surface area contributed by atoms with E-state index in [9.17, 15) is 13.2 Å². The first-order valence-corrected chi connectivity index (χ1v) is 5.86. The molecular weight excluding hydrogens is 283 g/mol. The molecule has 0 amide bonds. The first kappa shape index (κ1) is 13.1. The molecule has 0 unspecified atom stereocenters. The van der Waals surface area contributed by atoms with Crippen molar-refractivity contribution in [2.24, 2.45) is 0 Å². The zero-order valence-corrected chi connectivity index (χ0v) is 10.5. The average molecular weight is 291 g/mol. The van der Waals surface area contributed by atoms with E-state index < -0.39 is 17.5 Å². The smallest absolute Gasteiger partial charge is 0.196 e. The minimum atomic E-state index is -1.59. The summed E-state index contributed by atoms with van der Waals surface area (Å²) in [5, 5.41) is 10.8. The number of hydrogen-bond acceptors (Lipinski definition) is 4. The van der Waals surface area contributed by atoms with Crippen LogP contribution in [0, 0.1) is 17.5 Å². The maximum absolute atomic E-state index is 13.9. The Bertz CT molecular complexity index is 815. The van der Waals surface area contributed by atoms with Crippen LogP contribution in [0.25, 0.3) is 17.1 Å². The van der Waals surface area contributed by atoms with E-state index in [1.807, 2.05) is 0 Å². The van der Waals surface area contributed by atoms with Gasteiger partial charge in [-0.05, 0) is 34.7 Å². The van der Waals surface area contributed by atoms with E-state index in [1.165, 1.54) is 0 Å². The van der Waals surface area contributed by atoms with E-state index in [-0.39, 0.29) is 11.5 Å². The largest absolute Gasteiger partial charge is 0.398 e. The van der Waals surface area contributed by atoms with Gasteiger partial charge in [-0.1, -0.05) is 12.1 Å². The van der Waals surface area contributed by atoms with E-state index in [1.54, 1.807) is 24.3 Å². The highest BCUT2D eigenvalue weighted by molar-refractivity contribution is 5.72. The van der Waals surface area contributed by atoms with Gasteiger partial charge in [-0.3, -0.25) is 0 Å². The van der Waals surface area contributed by atoms with Gasteiger partial charge in [0.25, 0.3) is 0 Å². The van der Waals surface area contributed by atoms with Gasteiger partial charge in [0.15, 0.2) is 23.3 Å². The molecule has 21 heavy (non-hydrogen) atoms. The fourth-order valence-corrected chi connectivity index (χ4v) is 1.90. The first-order chi connectivity index (χ1) is 10.1. The van der Waals surface area contributed by atoms with Crippen LogP contribution in [-0.2, 0) is 0 Å². The molecule has 0 radical (unpaired) electrons. The second-order valence-corrected chi connectivity index (χ2v) is 4.20. The van der Waals surface area contributed by atoms with Gasteiger partial charge in [-0.15, -0.1) is 5.10 Å². The van der Waals surface area contributed by atoms with Crippen molar-refractivity contribution in [3.8, 4) is 17.1 Å². The minimum Gasteiger partial charge on any atom is -0.398 e. The van der Waals surface area contributed by atoms with Crippen molar-refractivity contribution in [3.63, 3.8) is 0 Å². The lowest BCUT2D eigenvalue weighted by atomic mass is 10.1. The van der Waals surface area contributed by atoms with E-state index in [0.29, 0.717) is 11.3 Å². The SMILES string of the molecule is Nc1ccccc1-c1nnnn1-c1ccc(F)c(F)c1F. The molecule has 5 nitrogen and oxygen atoms in total. The summed E-state index contributed by atoms with van der Waals surface area (Å²) in [6.45, 7) is 0. The maximum atomic E-state index is 13.9. The van der Waals surface area contributed by atoms with Crippen molar-refractivity contribution < 1.29 is 13.2 Å². The zero-order valence-electron chi connectivity index (χ0n) is 10.5. The molecule has 0 aliphatic carbocycles. The number of nitrogens with zero attached hydrogens (tertiary/aromatic N) is 4. The molecule has 3 aromatic rings. The lowest BCUT2D eigenvalue weighted by molar-refractivity contribution is 0.443. The number of rotatable bonds is 2. The molecule has 2 aromatic carbocycles. The molecule has 0 bridgehead atoms. The van der Waals surface area contributed by atoms with Crippen LogP contribution >= 0.6 is 0 Å². The summed E-state index contributed by atoms with van der Waals surface area (Å²) >= 11 is 0. The van der Waals surface area contributed by atoms with Crippen LogP contribution in [0.15, 0.2) is 36.4 Å². The van der Waals surface area contributed by atoms with Gasteiger partial charge < -0.3 is 5.73 Å². The Kier molecular flexibility index (Phi) is 3.05. The van der Waals surface area contributed by atoms with Crippen molar-refractivity contribution in [2.45, 2.75) is 0 Å². The Morgan fingerprint density at radius 1 is 0.952 bits per heavy atom. The van der Waals surface area contributed by atoms with Crippen LogP contribution in [0.3, 0.4) is 0 Å². The first-order valence-electron chi connectivity index (χ1n) is 5.86. The van der Waals surface area contributed by atoms with Gasteiger partial charge in [-0.2, -0.15) is 4.68 Å². The van der Waals surface area contributed by atoms with Crippen LogP contribution in [-0.4, -0.2) is 20.2 Å². The van der Waals surface area contributed by atoms with Crippen LogP contribution < -0.4 is 5.73 Å². The van der Waals surface area contributed by atoms with Gasteiger partial charge in [0.1, 0.15) is 5.69 Å². The Hall–Kier alpha value is -2.90. The van der Waals surface area contributed by atoms with Crippen LogP contribution in [0.5, 0.6) is 0 Å². The van der Waals surface area contributed by atoms with Crippen molar-refractivity contribution >= 4 is 5.69 Å². The lowest BCUT2D eigenvalue weighted by Gasteiger charge is -2.08. The standard InChI is InChI=1S/C13H8F3N5/c14-8-5-6-10(12(16)11(8)15)21-13(18-19-20-21)7-3-1-2-4-9(7)17/h1-6H,17H2. The number of nitrogen functional groups attached to an aromatic ring is 1. The molecule has 106 valence electrons. The molecule has 0 spiro atoms. The summed E-state index contributed by atoms with van der Waals surface area (Å²) in [4.78, 5) is 0. The molecule has 0 atom stereocenters. The third-order valence-corrected chi connectivity index (χ3v) is 2.91. The van der Waals surface area contributed by atoms with E-state index in [0.717, 1.165) is 16.8 Å². The van der Waals surface area contributed by atoms with Gasteiger partial charge in [0.05, 0.1) is 0 Å². The molecule has 0 saturated carbocycles. The second kappa shape index (κ2) is 4.89. The number of aromatic nitrogens is 4. The van der Waals surface area contributed by atoms with Gasteiger partial charge >= 0.3 is 0 Å². The molecule has 0 fully saturated rings. The molecule has 8 heteroatoms. The molecule has 1 heterocycles. The molecule has 0 aliphatic rings. The Balaban J connectivity index is 2.21. The summed E-state index contributed by atoms with van der Waals surface area (Å²) < 4.78 is 41.2. The quantitative estimate of drug-likeness (QED) is 0.581. The lowest BCUT2D eigenvalue weighted by Crippen LogP contribution is -2.06. The molecule has 0 saturated heterocycles. The average Bonchev–Trinajstić information content (AvgIpc) is 2.94. The van der Waals surface area contributed by atoms with Crippen LogP contribution in [0.2, 0.25) is 0 Å². The van der Waals surface area contributed by atoms with E-state index in [2.05, 4.69) is 15.5 Å². The van der Waals surface area contributed by atoms with Crippen LogP contribution in [0.1, 0.15) is 0 Å². The summed E-state index contributed by atoms with van der Waals surface area (Å²) in [5.41, 5.74) is 6.33. The van der Waals surface area contributed by atoms with Crippen molar-refractivity contribution in [1.82, 2.24) is 20.2 Å². The zero-order chi connectivity index (χ0) is 15.0. The Morgan fingerprint density at radius 3 is 2.48 bits per heavy atom. The predicted molar refractivity (Wildman–Crippen MR) is 68.9 cm³/mol. The number of anilines is 1. The highest BCUT2D eigenvalue weighted by atomic mass is 19.2. The number of benzene rings is 2. The van der Waals surface area contributed by atoms with Crippen LogP contribution in [0.4, 0.5) is 18.9 Å². The normalized spacial score (nSPS) is 10.8. The highest BCUT2D eigenvalue weighted by Crippen LogP contribution is 2.26. The third-order valence-electron chi connectivity index (χ3n) is 2.91.